The molecule has 24 heavy (non-hydrogen) atoms. The van der Waals surface area contributed by atoms with Gasteiger partial charge in [-0.3, -0.25) is 14.5 Å². The van der Waals surface area contributed by atoms with Gasteiger partial charge >= 0.3 is 0 Å². The molecule has 2 heterocycles. The third-order valence-corrected chi connectivity index (χ3v) is 4.12. The minimum absolute atomic E-state index is 0.116. The van der Waals surface area contributed by atoms with E-state index in [9.17, 15) is 9.59 Å². The highest BCUT2D eigenvalue weighted by Gasteiger charge is 2.38. The maximum atomic E-state index is 12.5. The Morgan fingerprint density at radius 3 is 2.67 bits per heavy atom. The lowest BCUT2D eigenvalue weighted by Crippen LogP contribution is -2.58. The van der Waals surface area contributed by atoms with Crippen molar-refractivity contribution in [2.45, 2.75) is 6.42 Å². The molecule has 1 atom stereocenters. The maximum absolute atomic E-state index is 12.5. The van der Waals surface area contributed by atoms with Crippen molar-refractivity contribution in [2.75, 3.05) is 6.54 Å². The van der Waals surface area contributed by atoms with E-state index in [2.05, 4.69) is 11.9 Å². The van der Waals surface area contributed by atoms with Crippen molar-refractivity contribution < 1.29 is 14.0 Å². The number of thiocarbonyl (C=S) groups is 1. The van der Waals surface area contributed by atoms with Crippen molar-refractivity contribution in [1.82, 2.24) is 10.2 Å². The van der Waals surface area contributed by atoms with E-state index in [4.69, 9.17) is 16.6 Å². The number of hydrogen-bond donors (Lipinski definition) is 1. The van der Waals surface area contributed by atoms with Crippen LogP contribution in [-0.4, -0.2) is 28.4 Å². The maximum Gasteiger partial charge on any atom is 0.242 e. The Morgan fingerprint density at radius 2 is 1.96 bits per heavy atom. The fourth-order valence-electron chi connectivity index (χ4n) is 2.59. The highest BCUT2D eigenvalue weighted by atomic mass is 32.1. The Morgan fingerprint density at radius 1 is 1.21 bits per heavy atom. The third kappa shape index (κ3) is 3.14. The van der Waals surface area contributed by atoms with Crippen molar-refractivity contribution in [3.05, 3.63) is 60.9 Å². The second-order valence-electron chi connectivity index (χ2n) is 5.42. The molecular weight excluding hydrogens is 324 g/mol. The second kappa shape index (κ2) is 6.80. The van der Waals surface area contributed by atoms with E-state index in [0.717, 1.165) is 5.56 Å². The van der Waals surface area contributed by atoms with Gasteiger partial charge in [-0.05, 0) is 24.4 Å². The molecule has 1 N–H and O–H groups in total. The first-order valence-electron chi connectivity index (χ1n) is 7.51. The number of carbonyl (C=O) groups is 2. The van der Waals surface area contributed by atoms with Crippen molar-refractivity contribution in [2.24, 2.45) is 5.92 Å². The van der Waals surface area contributed by atoms with E-state index in [0.29, 0.717) is 11.5 Å². The van der Waals surface area contributed by atoms with E-state index in [-0.39, 0.29) is 24.0 Å². The highest BCUT2D eigenvalue weighted by Crippen LogP contribution is 2.24. The van der Waals surface area contributed by atoms with Gasteiger partial charge in [0, 0.05) is 18.5 Å². The van der Waals surface area contributed by atoms with Crippen LogP contribution in [0.2, 0.25) is 0 Å². The summed E-state index contributed by atoms with van der Waals surface area (Å²) in [6.07, 6.45) is 1.76. The Balaban J connectivity index is 1.79. The van der Waals surface area contributed by atoms with Crippen LogP contribution in [0.1, 0.15) is 5.76 Å². The van der Waals surface area contributed by atoms with Crippen LogP contribution in [0.5, 0.6) is 0 Å². The molecule has 2 aromatic rings. The molecule has 1 saturated heterocycles. The lowest BCUT2D eigenvalue weighted by molar-refractivity contribution is -0.141. The van der Waals surface area contributed by atoms with Crippen molar-refractivity contribution >= 4 is 29.1 Å². The highest BCUT2D eigenvalue weighted by molar-refractivity contribution is 7.80. The van der Waals surface area contributed by atoms with E-state index in [1.165, 1.54) is 4.90 Å². The molecule has 1 aliphatic rings. The average Bonchev–Trinajstić information content (AvgIpc) is 3.05. The Kier molecular flexibility index (Phi) is 4.57. The van der Waals surface area contributed by atoms with Crippen LogP contribution < -0.4 is 5.32 Å². The van der Waals surface area contributed by atoms with Gasteiger partial charge in [0.2, 0.25) is 11.8 Å². The summed E-state index contributed by atoms with van der Waals surface area (Å²) in [5, 5.41) is 2.68. The normalized spacial score (nSPS) is 17.8. The fraction of sp³-hybridized carbons (Fsp3) is 0.167. The summed E-state index contributed by atoms with van der Waals surface area (Å²) in [5.74, 6) is -0.308. The molecule has 1 aromatic heterocycles. The zero-order valence-electron chi connectivity index (χ0n) is 12.9. The number of hydrogen-bond acceptors (Lipinski definition) is 4. The number of furan rings is 1. The molecule has 1 unspecified atom stereocenters. The van der Waals surface area contributed by atoms with Crippen LogP contribution in [0.25, 0.3) is 11.3 Å². The zero-order valence-corrected chi connectivity index (χ0v) is 13.7. The quantitative estimate of drug-likeness (QED) is 0.516. The first kappa shape index (κ1) is 16.1. The lowest BCUT2D eigenvalue weighted by atomic mass is 9.99. The SMILES string of the molecule is C=CCN1C(=O)C(Cc2ccc(-c3ccccc3)o2)C(=O)NC1=S. The smallest absolute Gasteiger partial charge is 0.242 e. The molecular formula is C18H16N2O3S. The molecule has 0 saturated carbocycles. The van der Waals surface area contributed by atoms with Gasteiger partial charge in [0.25, 0.3) is 0 Å². The Hall–Kier alpha value is -2.73. The van der Waals surface area contributed by atoms with Crippen LogP contribution in [0.4, 0.5) is 0 Å². The number of rotatable bonds is 5. The molecule has 0 spiro atoms. The number of nitrogens with one attached hydrogen (secondary N) is 1. The van der Waals surface area contributed by atoms with Crippen LogP contribution in [0.3, 0.4) is 0 Å². The van der Waals surface area contributed by atoms with Gasteiger partial charge in [-0.15, -0.1) is 6.58 Å². The number of amides is 2. The molecule has 5 nitrogen and oxygen atoms in total. The average molecular weight is 340 g/mol. The van der Waals surface area contributed by atoms with Crippen LogP contribution >= 0.6 is 12.2 Å². The van der Waals surface area contributed by atoms with Crippen LogP contribution in [-0.2, 0) is 16.0 Å². The van der Waals surface area contributed by atoms with Gasteiger partial charge in [0.1, 0.15) is 17.4 Å². The minimum Gasteiger partial charge on any atom is -0.461 e. The summed E-state index contributed by atoms with van der Waals surface area (Å²) >= 11 is 5.03. The summed E-state index contributed by atoms with van der Waals surface area (Å²) in [5.41, 5.74) is 0.942. The van der Waals surface area contributed by atoms with Gasteiger partial charge in [0.05, 0.1) is 0 Å². The Bertz CT molecular complexity index is 798. The van der Waals surface area contributed by atoms with Gasteiger partial charge in [-0.2, -0.15) is 0 Å². The lowest BCUT2D eigenvalue weighted by Gasteiger charge is -2.31. The first-order chi connectivity index (χ1) is 11.6. The molecule has 0 radical (unpaired) electrons. The van der Waals surface area contributed by atoms with E-state index >= 15 is 0 Å². The number of benzene rings is 1. The van der Waals surface area contributed by atoms with Crippen molar-refractivity contribution in [3.63, 3.8) is 0 Å². The standard InChI is InChI=1S/C18H16N2O3S/c1-2-10-20-17(22)14(16(21)19-18(20)24)11-13-8-9-15(23-13)12-6-4-3-5-7-12/h2-9,14H,1,10-11H2,(H,19,21,24). The van der Waals surface area contributed by atoms with E-state index in [1.54, 1.807) is 12.1 Å². The van der Waals surface area contributed by atoms with Gasteiger partial charge in [-0.25, -0.2) is 0 Å². The summed E-state index contributed by atoms with van der Waals surface area (Å²) < 4.78 is 5.79. The van der Waals surface area contributed by atoms with Crippen molar-refractivity contribution in [3.8, 4) is 11.3 Å². The second-order valence-corrected chi connectivity index (χ2v) is 5.81. The molecule has 1 aromatic carbocycles. The number of nitrogens with zero attached hydrogens (tertiary/aromatic N) is 1. The topological polar surface area (TPSA) is 62.6 Å². The molecule has 1 fully saturated rings. The van der Waals surface area contributed by atoms with Crippen LogP contribution in [0.15, 0.2) is 59.5 Å². The summed E-state index contributed by atoms with van der Waals surface area (Å²) in [6, 6.07) is 13.3. The molecule has 0 aliphatic carbocycles. The first-order valence-corrected chi connectivity index (χ1v) is 7.92. The largest absolute Gasteiger partial charge is 0.461 e. The summed E-state index contributed by atoms with van der Waals surface area (Å²) in [7, 11) is 0. The molecule has 1 aliphatic heterocycles. The van der Waals surface area contributed by atoms with Gasteiger partial charge < -0.3 is 9.73 Å². The minimum atomic E-state index is -0.855. The molecule has 0 bridgehead atoms. The van der Waals surface area contributed by atoms with Gasteiger partial charge in [0.15, 0.2) is 5.11 Å². The Labute approximate surface area is 144 Å². The van der Waals surface area contributed by atoms with E-state index in [1.807, 2.05) is 36.4 Å². The monoisotopic (exact) mass is 340 g/mol. The fourth-order valence-corrected chi connectivity index (χ4v) is 2.85. The molecule has 6 heteroatoms. The zero-order chi connectivity index (χ0) is 17.1. The third-order valence-electron chi connectivity index (χ3n) is 3.79. The summed E-state index contributed by atoms with van der Waals surface area (Å²) in [4.78, 5) is 26.0. The molecule has 2 amide bonds. The number of carbonyl (C=O) groups excluding carboxylic acids is 2. The van der Waals surface area contributed by atoms with E-state index < -0.39 is 11.8 Å². The molecule has 122 valence electrons. The predicted molar refractivity (Wildman–Crippen MR) is 94.0 cm³/mol. The van der Waals surface area contributed by atoms with Crippen molar-refractivity contribution in [1.29, 1.82) is 0 Å². The predicted octanol–water partition coefficient (Wildman–Crippen LogP) is 2.53. The van der Waals surface area contributed by atoms with Gasteiger partial charge in [-0.1, -0.05) is 36.4 Å². The van der Waals surface area contributed by atoms with Crippen LogP contribution in [0, 0.1) is 5.92 Å². The molecule has 3 rings (SSSR count). The summed E-state index contributed by atoms with van der Waals surface area (Å²) in [6.45, 7) is 3.87.